The monoisotopic (exact) mass is 433 g/mol. The van der Waals surface area contributed by atoms with Crippen LogP contribution in [-0.2, 0) is 14.2 Å². The van der Waals surface area contributed by atoms with Gasteiger partial charge in [0.25, 0.3) is 11.4 Å². The van der Waals surface area contributed by atoms with Crippen molar-refractivity contribution in [1.82, 2.24) is 0 Å². The van der Waals surface area contributed by atoms with Gasteiger partial charge < -0.3 is 19.5 Å². The summed E-state index contributed by atoms with van der Waals surface area (Å²) in [5, 5.41) is 24.6. The van der Waals surface area contributed by atoms with Crippen molar-refractivity contribution in [2.24, 2.45) is 0 Å². The van der Waals surface area contributed by atoms with Gasteiger partial charge in [0.2, 0.25) is 0 Å². The summed E-state index contributed by atoms with van der Waals surface area (Å²) in [6.07, 6.45) is 4.33. The molecule has 1 rings (SSSR count). The fraction of sp³-hybridized carbons (Fsp3) is 0.667. The predicted molar refractivity (Wildman–Crippen MR) is 110 cm³/mol. The van der Waals surface area contributed by atoms with Crippen LogP contribution in [0.15, 0.2) is 18.2 Å². The number of ether oxygens (including phenoxy) is 3. The zero-order valence-electron chi connectivity index (χ0n) is 16.3. The molecule has 29 heavy (non-hydrogen) atoms. The van der Waals surface area contributed by atoms with Crippen molar-refractivity contribution in [3.05, 3.63) is 38.4 Å². The molecule has 0 heterocycles. The minimum absolute atomic E-state index is 0.209. The van der Waals surface area contributed by atoms with Crippen molar-refractivity contribution in [3.63, 3.8) is 0 Å². The number of benzene rings is 1. The Hall–Kier alpha value is -2.01. The van der Waals surface area contributed by atoms with E-state index in [1.54, 1.807) is 0 Å². The highest BCUT2D eigenvalue weighted by Gasteiger charge is 2.18. The van der Waals surface area contributed by atoms with Crippen LogP contribution in [0.2, 0.25) is 0 Å². The van der Waals surface area contributed by atoms with E-state index in [9.17, 15) is 20.2 Å². The number of anilines is 1. The molecule has 0 atom stereocenters. The Morgan fingerprint density at radius 3 is 2.07 bits per heavy atom. The van der Waals surface area contributed by atoms with Gasteiger partial charge in [-0.2, -0.15) is 0 Å². The van der Waals surface area contributed by atoms with Crippen LogP contribution in [0.4, 0.5) is 17.1 Å². The lowest BCUT2D eigenvalue weighted by Crippen LogP contribution is -2.14. The molecule has 10 nitrogen and oxygen atoms in total. The lowest BCUT2D eigenvalue weighted by atomic mass is 10.2. The third kappa shape index (κ3) is 11.5. The SMILES string of the molecule is O=[N+]([O-])c1ccc(NCCOCCOCCOCCCCCCCl)c([N+](=O)[O-])c1. The number of nitro groups is 2. The molecule has 0 unspecified atom stereocenters. The molecule has 164 valence electrons. The number of rotatable bonds is 18. The van der Waals surface area contributed by atoms with E-state index in [-0.39, 0.29) is 17.1 Å². The van der Waals surface area contributed by atoms with E-state index >= 15 is 0 Å². The molecule has 0 aliphatic heterocycles. The molecule has 0 radical (unpaired) electrons. The Bertz CT molecular complexity index is 619. The topological polar surface area (TPSA) is 126 Å². The Balaban J connectivity index is 2.03. The summed E-state index contributed by atoms with van der Waals surface area (Å²) in [7, 11) is 0. The van der Waals surface area contributed by atoms with Crippen molar-refractivity contribution < 1.29 is 24.1 Å². The number of halogens is 1. The van der Waals surface area contributed by atoms with Gasteiger partial charge in [-0.05, 0) is 18.9 Å². The van der Waals surface area contributed by atoms with Gasteiger partial charge >= 0.3 is 0 Å². The third-order valence-corrected chi connectivity index (χ3v) is 4.13. The average Bonchev–Trinajstić information content (AvgIpc) is 2.70. The Kier molecular flexibility index (Phi) is 13.7. The van der Waals surface area contributed by atoms with Gasteiger partial charge in [-0.15, -0.1) is 11.6 Å². The molecular formula is C18H28ClN3O7. The number of nitro benzene ring substituents is 2. The highest BCUT2D eigenvalue weighted by molar-refractivity contribution is 6.17. The summed E-state index contributed by atoms with van der Waals surface area (Å²) in [6, 6.07) is 3.46. The van der Waals surface area contributed by atoms with Crippen LogP contribution in [0.1, 0.15) is 25.7 Å². The second-order valence-corrected chi connectivity index (χ2v) is 6.46. The molecule has 0 fully saturated rings. The van der Waals surface area contributed by atoms with Gasteiger partial charge in [0.1, 0.15) is 5.69 Å². The minimum atomic E-state index is -0.672. The zero-order chi connectivity index (χ0) is 21.3. The molecule has 0 saturated heterocycles. The molecule has 0 aliphatic rings. The minimum Gasteiger partial charge on any atom is -0.379 e. The molecule has 11 heteroatoms. The van der Waals surface area contributed by atoms with Crippen molar-refractivity contribution in [1.29, 1.82) is 0 Å². The molecule has 1 N–H and O–H groups in total. The van der Waals surface area contributed by atoms with Crippen LogP contribution in [0.5, 0.6) is 0 Å². The summed E-state index contributed by atoms with van der Waals surface area (Å²) >= 11 is 5.61. The molecule has 1 aromatic carbocycles. The lowest BCUT2D eigenvalue weighted by Gasteiger charge is -2.09. The number of alkyl halides is 1. The maximum absolute atomic E-state index is 11.0. The summed E-state index contributed by atoms with van der Waals surface area (Å²) in [5.41, 5.74) is -0.465. The second-order valence-electron chi connectivity index (χ2n) is 6.08. The molecule has 0 bridgehead atoms. The molecule has 1 aromatic rings. The number of hydrogen-bond donors (Lipinski definition) is 1. The first-order chi connectivity index (χ1) is 14.1. The van der Waals surface area contributed by atoms with E-state index in [0.29, 0.717) is 45.5 Å². The molecular weight excluding hydrogens is 406 g/mol. The van der Waals surface area contributed by atoms with Crippen molar-refractivity contribution in [2.75, 3.05) is 57.4 Å². The standard InChI is InChI=1S/C18H28ClN3O7/c19-7-3-1-2-4-9-27-11-13-29-14-12-28-10-8-20-17-6-5-16(21(23)24)15-18(17)22(25)26/h5-6,15,20H,1-4,7-14H2. The Morgan fingerprint density at radius 1 is 0.828 bits per heavy atom. The number of hydrogen-bond acceptors (Lipinski definition) is 8. The van der Waals surface area contributed by atoms with Crippen LogP contribution in [0, 0.1) is 20.2 Å². The Labute approximate surface area is 174 Å². The van der Waals surface area contributed by atoms with Crippen molar-refractivity contribution in [2.45, 2.75) is 25.7 Å². The van der Waals surface area contributed by atoms with E-state index in [0.717, 1.165) is 38.4 Å². The first-order valence-electron chi connectivity index (χ1n) is 9.52. The summed E-state index contributed by atoms with van der Waals surface area (Å²) in [5.74, 6) is 0.712. The number of unbranched alkanes of at least 4 members (excludes halogenated alkanes) is 3. The van der Waals surface area contributed by atoms with Gasteiger partial charge in [0.15, 0.2) is 0 Å². The first kappa shape index (κ1) is 25.0. The second kappa shape index (κ2) is 15.9. The largest absolute Gasteiger partial charge is 0.379 e. The van der Waals surface area contributed by atoms with Gasteiger partial charge in [-0.3, -0.25) is 20.2 Å². The van der Waals surface area contributed by atoms with Crippen LogP contribution >= 0.6 is 11.6 Å². The first-order valence-corrected chi connectivity index (χ1v) is 10.1. The fourth-order valence-corrected chi connectivity index (χ4v) is 2.58. The highest BCUT2D eigenvalue weighted by Crippen LogP contribution is 2.28. The van der Waals surface area contributed by atoms with Crippen LogP contribution in [0.3, 0.4) is 0 Å². The maximum Gasteiger partial charge on any atom is 0.299 e. The lowest BCUT2D eigenvalue weighted by molar-refractivity contribution is -0.393. The third-order valence-electron chi connectivity index (χ3n) is 3.87. The molecule has 0 saturated carbocycles. The number of non-ortho nitro benzene ring substituents is 1. The van der Waals surface area contributed by atoms with Crippen molar-refractivity contribution >= 4 is 28.7 Å². The number of nitrogens with zero attached hydrogens (tertiary/aromatic N) is 2. The summed E-state index contributed by atoms with van der Waals surface area (Å²) in [6.45, 7) is 3.22. The fourth-order valence-electron chi connectivity index (χ4n) is 2.39. The average molecular weight is 434 g/mol. The molecule has 0 aliphatic carbocycles. The van der Waals surface area contributed by atoms with Gasteiger partial charge in [-0.1, -0.05) is 12.8 Å². The smallest absolute Gasteiger partial charge is 0.299 e. The van der Waals surface area contributed by atoms with Crippen molar-refractivity contribution in [3.8, 4) is 0 Å². The summed E-state index contributed by atoms with van der Waals surface area (Å²) < 4.78 is 16.2. The van der Waals surface area contributed by atoms with Gasteiger partial charge in [-0.25, -0.2) is 0 Å². The zero-order valence-corrected chi connectivity index (χ0v) is 17.1. The Morgan fingerprint density at radius 2 is 1.45 bits per heavy atom. The van der Waals surface area contributed by atoms with Crippen LogP contribution in [0.25, 0.3) is 0 Å². The van der Waals surface area contributed by atoms with E-state index < -0.39 is 9.85 Å². The van der Waals surface area contributed by atoms with Crippen LogP contribution < -0.4 is 5.32 Å². The van der Waals surface area contributed by atoms with Crippen LogP contribution in [-0.4, -0.2) is 61.9 Å². The highest BCUT2D eigenvalue weighted by atomic mass is 35.5. The maximum atomic E-state index is 11.0. The normalized spacial score (nSPS) is 10.8. The van der Waals surface area contributed by atoms with Gasteiger partial charge in [0.05, 0.1) is 48.9 Å². The molecule has 0 spiro atoms. The predicted octanol–water partition coefficient (Wildman–Crippen LogP) is 3.76. The van der Waals surface area contributed by atoms with E-state index in [1.165, 1.54) is 12.1 Å². The molecule has 0 amide bonds. The van der Waals surface area contributed by atoms with E-state index in [1.807, 2.05) is 0 Å². The number of nitrogens with one attached hydrogen (secondary N) is 1. The quantitative estimate of drug-likeness (QED) is 0.160. The summed E-state index contributed by atoms with van der Waals surface area (Å²) in [4.78, 5) is 20.4. The van der Waals surface area contributed by atoms with Gasteiger partial charge in [0, 0.05) is 25.1 Å². The molecule has 0 aromatic heterocycles. The van der Waals surface area contributed by atoms with E-state index in [4.69, 9.17) is 25.8 Å². The van der Waals surface area contributed by atoms with E-state index in [2.05, 4.69) is 5.32 Å².